The lowest BCUT2D eigenvalue weighted by atomic mass is 9.83. The van der Waals surface area contributed by atoms with E-state index in [2.05, 4.69) is 5.32 Å². The molecule has 0 aromatic heterocycles. The molecule has 98 valence electrons. The van der Waals surface area contributed by atoms with Gasteiger partial charge in [-0.1, -0.05) is 37.5 Å². The van der Waals surface area contributed by atoms with Crippen LogP contribution in [-0.4, -0.2) is 19.1 Å². The van der Waals surface area contributed by atoms with Crippen molar-refractivity contribution in [3.63, 3.8) is 0 Å². The van der Waals surface area contributed by atoms with E-state index in [-0.39, 0.29) is 5.97 Å². The molecule has 0 aliphatic heterocycles. The second-order valence-electron chi connectivity index (χ2n) is 4.85. The molecule has 1 aromatic rings. The van der Waals surface area contributed by atoms with Gasteiger partial charge in [-0.15, -0.1) is 0 Å². The van der Waals surface area contributed by atoms with Gasteiger partial charge in [-0.05, 0) is 24.5 Å². The van der Waals surface area contributed by atoms with E-state index in [0.29, 0.717) is 19.6 Å². The summed E-state index contributed by atoms with van der Waals surface area (Å²) in [7, 11) is 0. The molecule has 0 heterocycles. The monoisotopic (exact) mass is 247 g/mol. The smallest absolute Gasteiger partial charge is 0.307 e. The van der Waals surface area contributed by atoms with Gasteiger partial charge >= 0.3 is 5.97 Å². The van der Waals surface area contributed by atoms with E-state index in [9.17, 15) is 4.79 Å². The van der Waals surface area contributed by atoms with Gasteiger partial charge in [-0.2, -0.15) is 0 Å². The number of carbonyl (C=O) groups excluding carboxylic acids is 1. The van der Waals surface area contributed by atoms with E-state index in [1.165, 1.54) is 19.3 Å². The Labute approximate surface area is 109 Å². The summed E-state index contributed by atoms with van der Waals surface area (Å²) in [5.74, 6) is 0.706. The number of nitrogens with one attached hydrogen (secondary N) is 1. The standard InChI is InChI=1S/C15H21NO2/c17-15(18-12-10-13-5-4-6-13)9-11-16-14-7-2-1-3-8-14/h1-3,7-8,13,16H,4-6,9-12H2. The van der Waals surface area contributed by atoms with Crippen molar-refractivity contribution in [2.45, 2.75) is 32.1 Å². The first-order valence-electron chi connectivity index (χ1n) is 6.79. The lowest BCUT2D eigenvalue weighted by Gasteiger charge is -2.24. The third kappa shape index (κ3) is 4.40. The van der Waals surface area contributed by atoms with Crippen molar-refractivity contribution < 1.29 is 9.53 Å². The van der Waals surface area contributed by atoms with Crippen LogP contribution < -0.4 is 5.32 Å². The van der Waals surface area contributed by atoms with Gasteiger partial charge in [0, 0.05) is 12.2 Å². The molecule has 1 N–H and O–H groups in total. The highest BCUT2D eigenvalue weighted by molar-refractivity contribution is 5.70. The highest BCUT2D eigenvalue weighted by Crippen LogP contribution is 2.29. The van der Waals surface area contributed by atoms with Crippen LogP contribution in [0.5, 0.6) is 0 Å². The largest absolute Gasteiger partial charge is 0.466 e. The van der Waals surface area contributed by atoms with Gasteiger partial charge in [-0.25, -0.2) is 0 Å². The molecule has 1 aliphatic carbocycles. The van der Waals surface area contributed by atoms with Crippen LogP contribution in [0.4, 0.5) is 5.69 Å². The van der Waals surface area contributed by atoms with Gasteiger partial charge in [0.25, 0.3) is 0 Å². The number of benzene rings is 1. The van der Waals surface area contributed by atoms with Gasteiger partial charge in [0.2, 0.25) is 0 Å². The minimum Gasteiger partial charge on any atom is -0.466 e. The maximum Gasteiger partial charge on any atom is 0.307 e. The quantitative estimate of drug-likeness (QED) is 0.752. The van der Waals surface area contributed by atoms with E-state index in [1.807, 2.05) is 30.3 Å². The molecule has 1 fully saturated rings. The Balaban J connectivity index is 1.51. The Morgan fingerprint density at radius 3 is 2.72 bits per heavy atom. The fraction of sp³-hybridized carbons (Fsp3) is 0.533. The molecular formula is C15H21NO2. The lowest BCUT2D eigenvalue weighted by molar-refractivity contribution is -0.143. The molecule has 0 unspecified atom stereocenters. The molecule has 1 aliphatic rings. The molecule has 0 radical (unpaired) electrons. The van der Waals surface area contributed by atoms with Crippen molar-refractivity contribution >= 4 is 11.7 Å². The number of carbonyl (C=O) groups is 1. The summed E-state index contributed by atoms with van der Waals surface area (Å²) in [6.45, 7) is 1.22. The highest BCUT2D eigenvalue weighted by Gasteiger charge is 2.17. The number of esters is 1. The van der Waals surface area contributed by atoms with Crippen molar-refractivity contribution in [1.82, 2.24) is 0 Å². The Kier molecular flexibility index (Phi) is 5.06. The predicted octanol–water partition coefficient (Wildman–Crippen LogP) is 3.22. The van der Waals surface area contributed by atoms with Crippen LogP contribution in [0.15, 0.2) is 30.3 Å². The first-order chi connectivity index (χ1) is 8.84. The Bertz CT molecular complexity index is 360. The van der Waals surface area contributed by atoms with Crippen molar-refractivity contribution in [1.29, 1.82) is 0 Å². The minimum atomic E-state index is -0.0993. The van der Waals surface area contributed by atoms with Crippen molar-refractivity contribution in [3.8, 4) is 0 Å². The molecule has 0 spiro atoms. The maximum atomic E-state index is 11.5. The second-order valence-corrected chi connectivity index (χ2v) is 4.85. The lowest BCUT2D eigenvalue weighted by Crippen LogP contribution is -2.16. The van der Waals surface area contributed by atoms with Crippen LogP contribution in [0.3, 0.4) is 0 Å². The maximum absolute atomic E-state index is 11.5. The zero-order chi connectivity index (χ0) is 12.6. The van der Waals surface area contributed by atoms with Crippen molar-refractivity contribution in [3.05, 3.63) is 30.3 Å². The summed E-state index contributed by atoms with van der Waals surface area (Å²) in [5.41, 5.74) is 1.04. The predicted molar refractivity (Wildman–Crippen MR) is 72.5 cm³/mol. The fourth-order valence-electron chi connectivity index (χ4n) is 2.06. The van der Waals surface area contributed by atoms with E-state index < -0.39 is 0 Å². The summed E-state index contributed by atoms with van der Waals surface area (Å²) in [6.07, 6.45) is 5.44. The van der Waals surface area contributed by atoms with Gasteiger partial charge in [0.1, 0.15) is 0 Å². The SMILES string of the molecule is O=C(CCNc1ccccc1)OCCC1CCC1. The molecule has 18 heavy (non-hydrogen) atoms. The van der Waals surface area contributed by atoms with Crippen LogP contribution in [0.1, 0.15) is 32.1 Å². The molecule has 2 rings (SSSR count). The van der Waals surface area contributed by atoms with Gasteiger partial charge in [-0.3, -0.25) is 4.79 Å². The average molecular weight is 247 g/mol. The normalized spacial score (nSPS) is 14.9. The number of hydrogen-bond acceptors (Lipinski definition) is 3. The minimum absolute atomic E-state index is 0.0993. The van der Waals surface area contributed by atoms with Crippen LogP contribution in [-0.2, 0) is 9.53 Å². The molecule has 1 aromatic carbocycles. The zero-order valence-electron chi connectivity index (χ0n) is 10.7. The van der Waals surface area contributed by atoms with Crippen molar-refractivity contribution in [2.75, 3.05) is 18.5 Å². The third-order valence-electron chi connectivity index (χ3n) is 3.45. The summed E-state index contributed by atoms with van der Waals surface area (Å²) in [4.78, 5) is 11.5. The average Bonchev–Trinajstić information content (AvgIpc) is 2.34. The molecule has 0 atom stereocenters. The van der Waals surface area contributed by atoms with Gasteiger partial charge in [0.05, 0.1) is 13.0 Å². The molecule has 0 amide bonds. The van der Waals surface area contributed by atoms with E-state index in [1.54, 1.807) is 0 Å². The van der Waals surface area contributed by atoms with Gasteiger partial charge in [0.15, 0.2) is 0 Å². The summed E-state index contributed by atoms with van der Waals surface area (Å²) in [5, 5.41) is 3.20. The molecular weight excluding hydrogens is 226 g/mol. The van der Waals surface area contributed by atoms with E-state index >= 15 is 0 Å². The molecule has 3 nitrogen and oxygen atoms in total. The van der Waals surface area contributed by atoms with Crippen molar-refractivity contribution in [2.24, 2.45) is 5.92 Å². The number of ether oxygens (including phenoxy) is 1. The van der Waals surface area contributed by atoms with Crippen LogP contribution >= 0.6 is 0 Å². The summed E-state index contributed by atoms with van der Waals surface area (Å²) >= 11 is 0. The van der Waals surface area contributed by atoms with Gasteiger partial charge < -0.3 is 10.1 Å². The third-order valence-corrected chi connectivity index (χ3v) is 3.45. The second kappa shape index (κ2) is 7.04. The number of para-hydroxylation sites is 1. The number of hydrogen-bond donors (Lipinski definition) is 1. The first kappa shape index (κ1) is 12.9. The topological polar surface area (TPSA) is 38.3 Å². The summed E-state index contributed by atoms with van der Waals surface area (Å²) in [6, 6.07) is 9.89. The van der Waals surface area contributed by atoms with E-state index in [0.717, 1.165) is 18.0 Å². The molecule has 0 saturated heterocycles. The van der Waals surface area contributed by atoms with E-state index in [4.69, 9.17) is 4.74 Å². The molecule has 0 bridgehead atoms. The Morgan fingerprint density at radius 1 is 1.28 bits per heavy atom. The first-order valence-corrected chi connectivity index (χ1v) is 6.79. The molecule has 3 heteroatoms. The number of rotatable bonds is 7. The zero-order valence-corrected chi connectivity index (χ0v) is 10.7. The highest BCUT2D eigenvalue weighted by atomic mass is 16.5. The van der Waals surface area contributed by atoms with Crippen LogP contribution in [0.25, 0.3) is 0 Å². The Hall–Kier alpha value is -1.51. The van der Waals surface area contributed by atoms with Crippen LogP contribution in [0.2, 0.25) is 0 Å². The fourth-order valence-corrected chi connectivity index (χ4v) is 2.06. The molecule has 1 saturated carbocycles. The summed E-state index contributed by atoms with van der Waals surface area (Å²) < 4.78 is 5.21. The Morgan fingerprint density at radius 2 is 2.06 bits per heavy atom. The van der Waals surface area contributed by atoms with Crippen LogP contribution in [0, 0.1) is 5.92 Å². The number of anilines is 1.